The van der Waals surface area contributed by atoms with Crippen molar-refractivity contribution in [1.29, 1.82) is 0 Å². The van der Waals surface area contributed by atoms with E-state index in [2.05, 4.69) is 21.2 Å². The molecule has 27 heavy (non-hydrogen) atoms. The van der Waals surface area contributed by atoms with E-state index in [1.54, 1.807) is 0 Å². The van der Waals surface area contributed by atoms with Gasteiger partial charge in [0.2, 0.25) is 8.38 Å². The average molecular weight is 490 g/mol. The maximum atomic E-state index is 14.2. The van der Waals surface area contributed by atoms with Gasteiger partial charge in [-0.2, -0.15) is 8.78 Å². The van der Waals surface area contributed by atoms with Gasteiger partial charge in [0.25, 0.3) is 11.8 Å². The molecule has 1 aromatic carbocycles. The number of alkyl halides is 4. The molecule has 0 spiro atoms. The zero-order valence-corrected chi connectivity index (χ0v) is 16.9. The molecule has 3 N–H and O–H groups in total. The number of benzene rings is 1. The molecule has 2 aromatic rings. The van der Waals surface area contributed by atoms with Crippen molar-refractivity contribution in [2.24, 2.45) is 5.92 Å². The molecule has 12 heteroatoms. The first-order valence-corrected chi connectivity index (χ1v) is 10.4. The third kappa shape index (κ3) is 3.80. The van der Waals surface area contributed by atoms with Gasteiger partial charge in [-0.25, -0.2) is 8.78 Å². The van der Waals surface area contributed by atoms with E-state index in [0.717, 1.165) is 0 Å². The lowest BCUT2D eigenvalue weighted by Gasteiger charge is -2.15. The summed E-state index contributed by atoms with van der Waals surface area (Å²) in [5.74, 6) is -4.29. The van der Waals surface area contributed by atoms with Gasteiger partial charge in [0, 0.05) is 28.9 Å². The van der Waals surface area contributed by atoms with Gasteiger partial charge in [-0.05, 0) is 28.1 Å². The number of hydrogen-bond donors (Lipinski definition) is 3. The molecule has 1 amide bonds. The van der Waals surface area contributed by atoms with Crippen molar-refractivity contribution in [2.75, 3.05) is 13.7 Å². The van der Waals surface area contributed by atoms with E-state index in [0.29, 0.717) is 11.3 Å². The van der Waals surface area contributed by atoms with Crippen molar-refractivity contribution in [2.45, 2.75) is 18.0 Å². The molecule has 1 heterocycles. The Morgan fingerprint density at radius 3 is 2.63 bits per heavy atom. The Balaban J connectivity index is 2.09. The minimum absolute atomic E-state index is 0.00163. The van der Waals surface area contributed by atoms with Crippen LogP contribution in [0.15, 0.2) is 16.6 Å². The number of hydrogen-bond acceptors (Lipinski definition) is 5. The molecule has 0 radical (unpaired) electrons. The lowest BCUT2D eigenvalue weighted by molar-refractivity contribution is 0.0766. The van der Waals surface area contributed by atoms with Gasteiger partial charge in [-0.3, -0.25) is 4.79 Å². The van der Waals surface area contributed by atoms with Crippen molar-refractivity contribution < 1.29 is 36.9 Å². The van der Waals surface area contributed by atoms with Crippen molar-refractivity contribution in [1.82, 2.24) is 5.32 Å². The molecule has 5 nitrogen and oxygen atoms in total. The van der Waals surface area contributed by atoms with Crippen LogP contribution >= 0.6 is 35.6 Å². The third-order valence-corrected chi connectivity index (χ3v) is 7.36. The Hall–Kier alpha value is -1.00. The summed E-state index contributed by atoms with van der Waals surface area (Å²) in [6, 6.07) is 2.62. The number of ether oxygens (including phenoxy) is 1. The molecule has 1 aromatic heterocycles. The molecule has 3 rings (SSSR count). The fourth-order valence-electron chi connectivity index (χ4n) is 2.45. The first kappa shape index (κ1) is 20.7. The predicted octanol–water partition coefficient (Wildman–Crippen LogP) is 4.40. The molecule has 1 aliphatic carbocycles. The smallest absolute Gasteiger partial charge is 0.349 e. The van der Waals surface area contributed by atoms with Crippen LogP contribution in [0.25, 0.3) is 10.1 Å². The monoisotopic (exact) mass is 489 g/mol. The highest BCUT2D eigenvalue weighted by molar-refractivity contribution is 9.10. The molecule has 0 bridgehead atoms. The molecule has 1 aliphatic rings. The van der Waals surface area contributed by atoms with E-state index in [-0.39, 0.29) is 38.9 Å². The summed E-state index contributed by atoms with van der Waals surface area (Å²) in [6.45, 7) is -0.326. The molecular weight excluding hydrogens is 477 g/mol. The van der Waals surface area contributed by atoms with E-state index in [4.69, 9.17) is 14.5 Å². The zero-order valence-electron chi connectivity index (χ0n) is 13.6. The highest BCUT2D eigenvalue weighted by atomic mass is 79.9. The number of carbonyl (C=O) groups excluding carboxylic acids is 1. The molecule has 1 fully saturated rings. The Labute approximate surface area is 164 Å². The Morgan fingerprint density at radius 1 is 1.48 bits per heavy atom. The van der Waals surface area contributed by atoms with Crippen LogP contribution in [0.4, 0.5) is 17.6 Å². The molecule has 1 saturated carbocycles. The van der Waals surface area contributed by atoms with E-state index in [1.807, 2.05) is 0 Å². The van der Waals surface area contributed by atoms with Crippen molar-refractivity contribution in [3.8, 4) is 5.75 Å². The van der Waals surface area contributed by atoms with Gasteiger partial charge >= 0.3 is 5.66 Å². The maximum Gasteiger partial charge on any atom is 0.349 e. The number of amides is 1. The van der Waals surface area contributed by atoms with Crippen molar-refractivity contribution in [3.05, 3.63) is 27.0 Å². The highest BCUT2D eigenvalue weighted by Crippen LogP contribution is 2.58. The summed E-state index contributed by atoms with van der Waals surface area (Å²) >= 11 is 3.56. The van der Waals surface area contributed by atoms with Crippen LogP contribution in [0.5, 0.6) is 5.75 Å². The summed E-state index contributed by atoms with van der Waals surface area (Å²) in [5, 5.41) is 2.57. The highest BCUT2D eigenvalue weighted by Gasteiger charge is 2.57. The summed E-state index contributed by atoms with van der Waals surface area (Å²) in [6.07, 6.45) is -0.317. The first-order valence-electron chi connectivity index (χ1n) is 7.54. The fraction of sp³-hybridized carbons (Fsp3) is 0.400. The van der Waals surface area contributed by atoms with Crippen LogP contribution in [-0.4, -0.2) is 35.3 Å². The van der Waals surface area contributed by atoms with E-state index in [1.165, 1.54) is 19.2 Å². The second-order valence-electron chi connectivity index (χ2n) is 5.98. The van der Waals surface area contributed by atoms with Gasteiger partial charge in [0.1, 0.15) is 5.75 Å². The quantitative estimate of drug-likeness (QED) is 0.415. The van der Waals surface area contributed by atoms with Gasteiger partial charge in [0.05, 0.1) is 22.1 Å². The van der Waals surface area contributed by atoms with Crippen LogP contribution in [-0.2, 0) is 5.66 Å². The molecular formula is C15H13BrF4NO4PS. The topological polar surface area (TPSA) is 78.8 Å². The fourth-order valence-corrected chi connectivity index (χ4v) is 5.23. The Kier molecular flexibility index (Phi) is 5.46. The van der Waals surface area contributed by atoms with Gasteiger partial charge in [-0.1, -0.05) is 0 Å². The predicted molar refractivity (Wildman–Crippen MR) is 96.7 cm³/mol. The second-order valence-corrected chi connectivity index (χ2v) is 8.93. The maximum absolute atomic E-state index is 14.2. The third-order valence-electron chi connectivity index (χ3n) is 4.10. The standard InChI is InChI=1S/C15H13BrF4NO4PS/c1-21-13(22)6-2-8-10(16)12(15(19,20)26(23)24)27-11(8)9(3-6)25-5-7-4-14(7,17)18/h2-3,7,23-24H,4-5H2,1H3,(H,21,22). The Morgan fingerprint density at radius 2 is 2.11 bits per heavy atom. The van der Waals surface area contributed by atoms with Crippen LogP contribution in [0.2, 0.25) is 0 Å². The van der Waals surface area contributed by atoms with Crippen LogP contribution in [0.3, 0.4) is 0 Å². The zero-order chi connectivity index (χ0) is 20.1. The van der Waals surface area contributed by atoms with Gasteiger partial charge < -0.3 is 19.8 Å². The summed E-state index contributed by atoms with van der Waals surface area (Å²) in [4.78, 5) is 29.4. The van der Waals surface area contributed by atoms with Crippen molar-refractivity contribution >= 4 is 51.6 Å². The van der Waals surface area contributed by atoms with Gasteiger partial charge in [0.15, 0.2) is 0 Å². The molecule has 0 saturated heterocycles. The molecule has 148 valence electrons. The van der Waals surface area contributed by atoms with E-state index < -0.39 is 36.7 Å². The summed E-state index contributed by atoms with van der Waals surface area (Å²) < 4.78 is 60.0. The van der Waals surface area contributed by atoms with Crippen LogP contribution in [0.1, 0.15) is 21.7 Å². The molecule has 1 unspecified atom stereocenters. The normalized spacial score (nSPS) is 18.8. The lowest BCUT2D eigenvalue weighted by atomic mass is 10.1. The van der Waals surface area contributed by atoms with E-state index in [9.17, 15) is 22.4 Å². The van der Waals surface area contributed by atoms with Crippen LogP contribution < -0.4 is 10.1 Å². The van der Waals surface area contributed by atoms with Crippen molar-refractivity contribution in [3.63, 3.8) is 0 Å². The number of nitrogens with one attached hydrogen (secondary N) is 1. The number of thiophene rings is 1. The Bertz CT molecular complexity index is 908. The number of halogens is 5. The first-order chi connectivity index (χ1) is 12.5. The number of fused-ring (bicyclic) bond motifs is 1. The minimum atomic E-state index is -3.91. The van der Waals surface area contributed by atoms with Crippen LogP contribution in [0, 0.1) is 5.92 Å². The largest absolute Gasteiger partial charge is 0.492 e. The van der Waals surface area contributed by atoms with Gasteiger partial charge in [-0.15, -0.1) is 11.3 Å². The number of carbonyl (C=O) groups is 1. The lowest BCUT2D eigenvalue weighted by Crippen LogP contribution is -2.17. The SMILES string of the molecule is CNC(=O)c1cc(OCC2CC2(F)F)c2sc(C(F)(F)P(O)O)c(Br)c2c1. The molecule has 1 atom stereocenters. The molecule has 0 aliphatic heterocycles. The second kappa shape index (κ2) is 7.11. The average Bonchev–Trinajstić information content (AvgIpc) is 3.07. The number of rotatable bonds is 6. The summed E-state index contributed by atoms with van der Waals surface area (Å²) in [7, 11) is -2.22. The minimum Gasteiger partial charge on any atom is -0.492 e. The summed E-state index contributed by atoms with van der Waals surface area (Å²) in [5.41, 5.74) is -3.82. The van der Waals surface area contributed by atoms with E-state index >= 15 is 0 Å².